The van der Waals surface area contributed by atoms with Crippen molar-refractivity contribution in [3.8, 4) is 5.75 Å². The molecule has 0 aliphatic carbocycles. The number of amides is 1. The van der Waals surface area contributed by atoms with E-state index in [0.29, 0.717) is 12.1 Å². The highest BCUT2D eigenvalue weighted by molar-refractivity contribution is 9.10. The molecule has 1 saturated heterocycles. The number of hydrogen-bond acceptors (Lipinski definition) is 4. The topological polar surface area (TPSA) is 50.8 Å². The standard InChI is InChI=1S/C19H27BrN2O3/c1-19(2,3)25-18(23)22-9-6-14(7-10-22)21-16-8-11-24-17-5-4-13(20)12-15(16)17/h4-5,12,14,16,21H,6-11H2,1-3H3. The first-order chi connectivity index (χ1) is 11.8. The number of halogens is 1. The van der Waals surface area contributed by atoms with Crippen LogP contribution in [0.4, 0.5) is 4.79 Å². The number of ether oxygens (including phenoxy) is 2. The van der Waals surface area contributed by atoms with Gasteiger partial charge in [0, 0.05) is 41.6 Å². The molecule has 1 N–H and O–H groups in total. The van der Waals surface area contributed by atoms with Crippen LogP contribution in [0.3, 0.4) is 0 Å². The second kappa shape index (κ2) is 7.54. The maximum Gasteiger partial charge on any atom is 0.410 e. The number of nitrogens with zero attached hydrogens (tertiary/aromatic N) is 1. The monoisotopic (exact) mass is 410 g/mol. The van der Waals surface area contributed by atoms with Gasteiger partial charge in [-0.25, -0.2) is 4.79 Å². The predicted octanol–water partition coefficient (Wildman–Crippen LogP) is 4.26. The molecule has 1 atom stereocenters. The summed E-state index contributed by atoms with van der Waals surface area (Å²) in [6.07, 6.45) is 2.65. The first-order valence-corrected chi connectivity index (χ1v) is 9.77. The quantitative estimate of drug-likeness (QED) is 0.790. The highest BCUT2D eigenvalue weighted by atomic mass is 79.9. The summed E-state index contributed by atoms with van der Waals surface area (Å²) in [6, 6.07) is 6.90. The number of nitrogens with one attached hydrogen (secondary N) is 1. The Balaban J connectivity index is 1.55. The van der Waals surface area contributed by atoms with Crippen molar-refractivity contribution in [3.05, 3.63) is 28.2 Å². The number of piperidine rings is 1. The Hall–Kier alpha value is -1.27. The zero-order valence-electron chi connectivity index (χ0n) is 15.2. The molecular formula is C19H27BrN2O3. The van der Waals surface area contributed by atoms with Gasteiger partial charge < -0.3 is 19.7 Å². The molecule has 0 saturated carbocycles. The van der Waals surface area contributed by atoms with E-state index in [1.807, 2.05) is 37.8 Å². The van der Waals surface area contributed by atoms with Crippen molar-refractivity contribution in [2.75, 3.05) is 19.7 Å². The van der Waals surface area contributed by atoms with Crippen LogP contribution in [-0.2, 0) is 4.74 Å². The van der Waals surface area contributed by atoms with Crippen LogP contribution in [0, 0.1) is 0 Å². The third-order valence-electron chi connectivity index (χ3n) is 4.59. The number of likely N-dealkylation sites (tertiary alicyclic amines) is 1. The van der Waals surface area contributed by atoms with Crippen LogP contribution in [0.1, 0.15) is 51.6 Å². The van der Waals surface area contributed by atoms with Gasteiger partial charge in [-0.1, -0.05) is 15.9 Å². The van der Waals surface area contributed by atoms with Crippen LogP contribution in [0.2, 0.25) is 0 Å². The van der Waals surface area contributed by atoms with Gasteiger partial charge in [0.2, 0.25) is 0 Å². The van der Waals surface area contributed by atoms with E-state index in [9.17, 15) is 4.79 Å². The lowest BCUT2D eigenvalue weighted by Gasteiger charge is -2.36. The van der Waals surface area contributed by atoms with Gasteiger partial charge in [-0.15, -0.1) is 0 Å². The fraction of sp³-hybridized carbons (Fsp3) is 0.632. The SMILES string of the molecule is CC(C)(C)OC(=O)N1CCC(NC2CCOc3ccc(Br)cc32)CC1. The fourth-order valence-electron chi connectivity index (χ4n) is 3.38. The summed E-state index contributed by atoms with van der Waals surface area (Å²) in [5, 5.41) is 3.77. The molecular weight excluding hydrogens is 384 g/mol. The lowest BCUT2D eigenvalue weighted by atomic mass is 9.97. The predicted molar refractivity (Wildman–Crippen MR) is 101 cm³/mol. The first kappa shape index (κ1) is 18.5. The van der Waals surface area contributed by atoms with Crippen molar-refractivity contribution in [3.63, 3.8) is 0 Å². The Bertz CT molecular complexity index is 622. The van der Waals surface area contributed by atoms with Crippen LogP contribution in [0.5, 0.6) is 5.75 Å². The second-order valence-electron chi connectivity index (χ2n) is 7.78. The third-order valence-corrected chi connectivity index (χ3v) is 5.09. The molecule has 1 fully saturated rings. The average Bonchev–Trinajstić information content (AvgIpc) is 2.54. The van der Waals surface area contributed by atoms with Gasteiger partial charge in [0.05, 0.1) is 6.61 Å². The van der Waals surface area contributed by atoms with Gasteiger partial charge >= 0.3 is 6.09 Å². The Morgan fingerprint density at radius 1 is 1.28 bits per heavy atom. The molecule has 1 aromatic rings. The van der Waals surface area contributed by atoms with Gasteiger partial charge in [-0.05, 0) is 51.8 Å². The number of fused-ring (bicyclic) bond motifs is 1. The van der Waals surface area contributed by atoms with Crippen molar-refractivity contribution >= 4 is 22.0 Å². The number of carbonyl (C=O) groups is 1. The summed E-state index contributed by atoms with van der Waals surface area (Å²) < 4.78 is 12.3. The van der Waals surface area contributed by atoms with E-state index >= 15 is 0 Å². The van der Waals surface area contributed by atoms with Crippen LogP contribution < -0.4 is 10.1 Å². The molecule has 2 aliphatic heterocycles. The van der Waals surface area contributed by atoms with Gasteiger partial charge in [0.15, 0.2) is 0 Å². The number of carbonyl (C=O) groups excluding carboxylic acids is 1. The van der Waals surface area contributed by atoms with Crippen LogP contribution in [-0.4, -0.2) is 42.3 Å². The molecule has 0 bridgehead atoms. The number of rotatable bonds is 2. The van der Waals surface area contributed by atoms with E-state index in [4.69, 9.17) is 9.47 Å². The minimum atomic E-state index is -0.439. The number of hydrogen-bond donors (Lipinski definition) is 1. The van der Waals surface area contributed by atoms with Crippen LogP contribution in [0.15, 0.2) is 22.7 Å². The highest BCUT2D eigenvalue weighted by Crippen LogP contribution is 2.35. The molecule has 6 heteroatoms. The van der Waals surface area contributed by atoms with Crippen molar-refractivity contribution in [1.82, 2.24) is 10.2 Å². The van der Waals surface area contributed by atoms with E-state index in [2.05, 4.69) is 27.3 Å². The minimum Gasteiger partial charge on any atom is -0.493 e. The molecule has 1 unspecified atom stereocenters. The lowest BCUT2D eigenvalue weighted by Crippen LogP contribution is -2.47. The molecule has 138 valence electrons. The van der Waals surface area contributed by atoms with Crippen LogP contribution >= 0.6 is 15.9 Å². The van der Waals surface area contributed by atoms with Gasteiger partial charge in [0.25, 0.3) is 0 Å². The molecule has 3 rings (SSSR count). The van der Waals surface area contributed by atoms with E-state index < -0.39 is 5.60 Å². The summed E-state index contributed by atoms with van der Waals surface area (Å²) in [7, 11) is 0. The van der Waals surface area contributed by atoms with Crippen molar-refractivity contribution in [2.24, 2.45) is 0 Å². The summed E-state index contributed by atoms with van der Waals surface area (Å²) in [4.78, 5) is 14.0. The molecule has 2 heterocycles. The zero-order chi connectivity index (χ0) is 18.0. The molecule has 2 aliphatic rings. The first-order valence-electron chi connectivity index (χ1n) is 8.98. The average molecular weight is 411 g/mol. The third kappa shape index (κ3) is 4.88. The smallest absolute Gasteiger partial charge is 0.410 e. The molecule has 25 heavy (non-hydrogen) atoms. The highest BCUT2D eigenvalue weighted by Gasteiger charge is 2.29. The summed E-state index contributed by atoms with van der Waals surface area (Å²) in [5.41, 5.74) is 0.779. The van der Waals surface area contributed by atoms with Gasteiger partial charge in [0.1, 0.15) is 11.4 Å². The van der Waals surface area contributed by atoms with E-state index in [-0.39, 0.29) is 6.09 Å². The lowest BCUT2D eigenvalue weighted by molar-refractivity contribution is 0.0194. The number of benzene rings is 1. The Morgan fingerprint density at radius 3 is 2.68 bits per heavy atom. The fourth-order valence-corrected chi connectivity index (χ4v) is 3.76. The minimum absolute atomic E-state index is 0.203. The van der Waals surface area contributed by atoms with E-state index in [0.717, 1.165) is 49.2 Å². The zero-order valence-corrected chi connectivity index (χ0v) is 16.8. The van der Waals surface area contributed by atoms with Crippen LogP contribution in [0.25, 0.3) is 0 Å². The van der Waals surface area contributed by atoms with Gasteiger partial charge in [-0.2, -0.15) is 0 Å². The van der Waals surface area contributed by atoms with Crippen molar-refractivity contribution in [1.29, 1.82) is 0 Å². The molecule has 0 radical (unpaired) electrons. The van der Waals surface area contributed by atoms with E-state index in [1.54, 1.807) is 0 Å². The maximum atomic E-state index is 12.2. The molecule has 1 aromatic carbocycles. The summed E-state index contributed by atoms with van der Waals surface area (Å²) in [5.74, 6) is 0.971. The summed E-state index contributed by atoms with van der Waals surface area (Å²) in [6.45, 7) is 7.92. The molecule has 0 spiro atoms. The van der Waals surface area contributed by atoms with E-state index in [1.165, 1.54) is 5.56 Å². The maximum absolute atomic E-state index is 12.2. The van der Waals surface area contributed by atoms with Crippen molar-refractivity contribution in [2.45, 2.75) is 57.7 Å². The largest absolute Gasteiger partial charge is 0.493 e. The summed E-state index contributed by atoms with van der Waals surface area (Å²) >= 11 is 3.55. The molecule has 5 nitrogen and oxygen atoms in total. The Kier molecular flexibility index (Phi) is 5.58. The molecule has 1 amide bonds. The Morgan fingerprint density at radius 2 is 2.00 bits per heavy atom. The van der Waals surface area contributed by atoms with Gasteiger partial charge in [-0.3, -0.25) is 0 Å². The Labute approximate surface area is 158 Å². The van der Waals surface area contributed by atoms with Crippen molar-refractivity contribution < 1.29 is 14.3 Å². The molecule has 0 aromatic heterocycles. The second-order valence-corrected chi connectivity index (χ2v) is 8.70. The normalized spacial score (nSPS) is 21.4.